The highest BCUT2D eigenvalue weighted by Crippen LogP contribution is 2.21. The van der Waals surface area contributed by atoms with Crippen LogP contribution in [-0.2, 0) is 20.3 Å². The number of aromatic nitrogens is 4. The van der Waals surface area contributed by atoms with E-state index in [0.717, 1.165) is 11.4 Å². The third kappa shape index (κ3) is 3.78. The molecule has 0 aliphatic heterocycles. The van der Waals surface area contributed by atoms with Gasteiger partial charge in [0.1, 0.15) is 5.82 Å². The summed E-state index contributed by atoms with van der Waals surface area (Å²) in [5.74, 6) is 0.412. The number of benzene rings is 1. The van der Waals surface area contributed by atoms with Gasteiger partial charge in [-0.15, -0.1) is 0 Å². The molecule has 0 fully saturated rings. The SMILES string of the molecule is CN(Cc1c(F)cccc1Cl)Cn1nc(-c2cccnc2)n(C)c1=S. The highest BCUT2D eigenvalue weighted by atomic mass is 35.5. The van der Waals surface area contributed by atoms with Crippen LogP contribution in [0, 0.1) is 10.6 Å². The maximum absolute atomic E-state index is 14.0. The molecule has 0 saturated heterocycles. The second-order valence-corrected chi connectivity index (χ2v) is 6.53. The molecule has 0 N–H and O–H groups in total. The van der Waals surface area contributed by atoms with E-state index in [4.69, 9.17) is 23.8 Å². The van der Waals surface area contributed by atoms with E-state index in [1.807, 2.05) is 35.7 Å². The van der Waals surface area contributed by atoms with Crippen molar-refractivity contribution >= 4 is 23.8 Å². The molecule has 0 unspecified atom stereocenters. The van der Waals surface area contributed by atoms with Gasteiger partial charge in [0.05, 0.1) is 6.67 Å². The van der Waals surface area contributed by atoms with Gasteiger partial charge in [-0.3, -0.25) is 9.88 Å². The van der Waals surface area contributed by atoms with E-state index in [1.165, 1.54) is 6.07 Å². The molecule has 25 heavy (non-hydrogen) atoms. The van der Waals surface area contributed by atoms with Crippen molar-refractivity contribution < 1.29 is 4.39 Å². The average Bonchev–Trinajstić information content (AvgIpc) is 2.87. The van der Waals surface area contributed by atoms with Gasteiger partial charge in [0.15, 0.2) is 10.6 Å². The molecule has 3 rings (SSSR count). The molecule has 130 valence electrons. The van der Waals surface area contributed by atoms with Crippen LogP contribution >= 0.6 is 23.8 Å². The molecule has 0 atom stereocenters. The molecule has 8 heteroatoms. The molecule has 2 heterocycles. The Morgan fingerprint density at radius 1 is 1.28 bits per heavy atom. The molecule has 3 aromatic rings. The summed E-state index contributed by atoms with van der Waals surface area (Å²) < 4.78 is 18.1. The zero-order valence-electron chi connectivity index (χ0n) is 13.9. The molecule has 0 aliphatic carbocycles. The molecular weight excluding hydrogens is 361 g/mol. The van der Waals surface area contributed by atoms with E-state index in [0.29, 0.717) is 28.6 Å². The van der Waals surface area contributed by atoms with Crippen molar-refractivity contribution in [3.63, 3.8) is 0 Å². The van der Waals surface area contributed by atoms with Crippen molar-refractivity contribution in [2.75, 3.05) is 7.05 Å². The topological polar surface area (TPSA) is 38.9 Å². The Bertz CT molecular complexity index is 918. The minimum absolute atomic E-state index is 0.319. The lowest BCUT2D eigenvalue weighted by Crippen LogP contribution is -2.23. The first-order chi connectivity index (χ1) is 12.0. The molecule has 0 radical (unpaired) electrons. The lowest BCUT2D eigenvalue weighted by atomic mass is 10.2. The quantitative estimate of drug-likeness (QED) is 0.632. The Labute approximate surface area is 155 Å². The largest absolute Gasteiger partial charge is 0.303 e. The molecule has 0 spiro atoms. The van der Waals surface area contributed by atoms with Gasteiger partial charge in [0.25, 0.3) is 0 Å². The van der Waals surface area contributed by atoms with Gasteiger partial charge < -0.3 is 4.57 Å². The van der Waals surface area contributed by atoms with Crippen LogP contribution in [0.3, 0.4) is 0 Å². The van der Waals surface area contributed by atoms with Crippen molar-refractivity contribution in [3.05, 3.63) is 63.9 Å². The fourth-order valence-electron chi connectivity index (χ4n) is 2.56. The van der Waals surface area contributed by atoms with Crippen molar-refractivity contribution in [2.24, 2.45) is 7.05 Å². The van der Waals surface area contributed by atoms with Gasteiger partial charge in [-0.25, -0.2) is 9.07 Å². The van der Waals surface area contributed by atoms with Crippen molar-refractivity contribution in [2.45, 2.75) is 13.2 Å². The second-order valence-electron chi connectivity index (χ2n) is 5.76. The Kier molecular flexibility index (Phi) is 5.27. The van der Waals surface area contributed by atoms with Crippen molar-refractivity contribution in [1.29, 1.82) is 0 Å². The van der Waals surface area contributed by atoms with Crippen LogP contribution in [0.5, 0.6) is 0 Å². The standard InChI is InChI=1S/C17H17ClFN5S/c1-22(10-13-14(18)6-3-7-15(13)19)11-24-17(25)23(2)16(21-24)12-5-4-8-20-9-12/h3-9H,10-11H2,1-2H3. The minimum Gasteiger partial charge on any atom is -0.303 e. The van der Waals surface area contributed by atoms with Gasteiger partial charge in [-0.2, -0.15) is 5.10 Å². The van der Waals surface area contributed by atoms with E-state index in [9.17, 15) is 4.39 Å². The average molecular weight is 378 g/mol. The summed E-state index contributed by atoms with van der Waals surface area (Å²) in [7, 11) is 3.73. The van der Waals surface area contributed by atoms with E-state index in [2.05, 4.69) is 10.1 Å². The maximum atomic E-state index is 14.0. The van der Waals surface area contributed by atoms with E-state index >= 15 is 0 Å². The lowest BCUT2D eigenvalue weighted by molar-refractivity contribution is 0.241. The molecule has 1 aromatic carbocycles. The number of hydrogen-bond acceptors (Lipinski definition) is 4. The summed E-state index contributed by atoms with van der Waals surface area (Å²) in [6, 6.07) is 8.46. The van der Waals surface area contributed by atoms with E-state index < -0.39 is 0 Å². The van der Waals surface area contributed by atoms with Gasteiger partial charge >= 0.3 is 0 Å². The van der Waals surface area contributed by atoms with Crippen LogP contribution < -0.4 is 0 Å². The number of hydrogen-bond donors (Lipinski definition) is 0. The van der Waals surface area contributed by atoms with Crippen molar-refractivity contribution in [1.82, 2.24) is 24.2 Å². The summed E-state index contributed by atoms with van der Waals surface area (Å²) >= 11 is 11.6. The minimum atomic E-state index is -0.319. The first-order valence-corrected chi connectivity index (χ1v) is 8.41. The fourth-order valence-corrected chi connectivity index (χ4v) is 2.97. The highest BCUT2D eigenvalue weighted by Gasteiger charge is 2.14. The van der Waals surface area contributed by atoms with Gasteiger partial charge in [0, 0.05) is 42.1 Å². The fraction of sp³-hybridized carbons (Fsp3) is 0.235. The lowest BCUT2D eigenvalue weighted by Gasteiger charge is -2.17. The number of rotatable bonds is 5. The molecule has 0 saturated carbocycles. The Balaban J connectivity index is 1.83. The predicted octanol–water partition coefficient (Wildman–Crippen LogP) is 3.90. The van der Waals surface area contributed by atoms with E-state index in [1.54, 1.807) is 29.2 Å². The van der Waals surface area contributed by atoms with Crippen LogP contribution in [0.4, 0.5) is 4.39 Å². The molecule has 2 aromatic heterocycles. The van der Waals surface area contributed by atoms with Gasteiger partial charge in [-0.1, -0.05) is 17.7 Å². The predicted molar refractivity (Wildman–Crippen MR) is 98.1 cm³/mol. The van der Waals surface area contributed by atoms with Crippen LogP contribution in [0.2, 0.25) is 5.02 Å². The zero-order valence-corrected chi connectivity index (χ0v) is 15.4. The normalized spacial score (nSPS) is 11.2. The second kappa shape index (κ2) is 7.43. The molecular formula is C17H17ClFN5S. The summed E-state index contributed by atoms with van der Waals surface area (Å²) in [4.78, 5) is 6.02. The number of halogens is 2. The van der Waals surface area contributed by atoms with Crippen LogP contribution in [0.25, 0.3) is 11.4 Å². The van der Waals surface area contributed by atoms with Gasteiger partial charge in [-0.05, 0) is 43.5 Å². The smallest absolute Gasteiger partial charge is 0.199 e. The molecule has 0 bridgehead atoms. The van der Waals surface area contributed by atoms with Gasteiger partial charge in [0.2, 0.25) is 0 Å². The van der Waals surface area contributed by atoms with Crippen LogP contribution in [0.15, 0.2) is 42.7 Å². The Morgan fingerprint density at radius 3 is 2.76 bits per heavy atom. The summed E-state index contributed by atoms with van der Waals surface area (Å²) in [5, 5.41) is 4.98. The van der Waals surface area contributed by atoms with Crippen LogP contribution in [0.1, 0.15) is 5.56 Å². The first kappa shape index (κ1) is 17.7. The zero-order chi connectivity index (χ0) is 18.0. The van der Waals surface area contributed by atoms with E-state index in [-0.39, 0.29) is 5.82 Å². The molecule has 0 aliphatic rings. The maximum Gasteiger partial charge on any atom is 0.199 e. The first-order valence-electron chi connectivity index (χ1n) is 7.63. The van der Waals surface area contributed by atoms with Crippen molar-refractivity contribution in [3.8, 4) is 11.4 Å². The summed E-state index contributed by atoms with van der Waals surface area (Å²) in [5.41, 5.74) is 1.34. The monoisotopic (exact) mass is 377 g/mol. The molecule has 5 nitrogen and oxygen atoms in total. The Hall–Kier alpha value is -2.09. The molecule has 0 amide bonds. The summed E-state index contributed by atoms with van der Waals surface area (Å²) in [6.07, 6.45) is 3.45. The van der Waals surface area contributed by atoms with Crippen LogP contribution in [-0.4, -0.2) is 31.3 Å². The highest BCUT2D eigenvalue weighted by molar-refractivity contribution is 7.71. The summed E-state index contributed by atoms with van der Waals surface area (Å²) in [6.45, 7) is 0.768. The third-order valence-corrected chi connectivity index (χ3v) is 4.66. The Morgan fingerprint density at radius 2 is 2.08 bits per heavy atom. The third-order valence-electron chi connectivity index (χ3n) is 3.83. The number of nitrogens with zero attached hydrogens (tertiary/aromatic N) is 5. The number of pyridine rings is 1.